The van der Waals surface area contributed by atoms with Crippen LogP contribution in [0.25, 0.3) is 0 Å². The first kappa shape index (κ1) is 25.2. The molecule has 4 rings (SSSR count). The lowest BCUT2D eigenvalue weighted by atomic mass is 9.86. The Hall–Kier alpha value is -2.91. The highest BCUT2D eigenvalue weighted by atomic mass is 19.1. The molecule has 1 aliphatic heterocycles. The van der Waals surface area contributed by atoms with Crippen LogP contribution in [0.1, 0.15) is 66.0 Å². The van der Waals surface area contributed by atoms with Crippen LogP contribution in [0.5, 0.6) is 0 Å². The van der Waals surface area contributed by atoms with Gasteiger partial charge in [-0.1, -0.05) is 62.9 Å². The lowest BCUT2D eigenvalue weighted by Gasteiger charge is -2.33. The number of allylic oxidation sites excluding steroid dienone is 1. The first-order chi connectivity index (χ1) is 16.8. The molecule has 1 heterocycles. The molecule has 1 N–H and O–H groups in total. The van der Waals surface area contributed by atoms with Crippen LogP contribution in [-0.2, 0) is 13.0 Å². The topological polar surface area (TPSA) is 15.3 Å². The standard InChI is InChI=1S/C32H39FN2/c1-22(2)25(5)34-30-13-7-23(3)31(20-30)29-14-16-35(17-15-29)21-27-11-9-26(10-12-27)18-28-8-6-24(4)32(33)19-28/h6-13,19-20,22,29,34H,5,14-18,21H2,1-4H3. The van der Waals surface area contributed by atoms with Crippen LogP contribution >= 0.6 is 0 Å². The number of likely N-dealkylation sites (tertiary alicyclic amines) is 1. The van der Waals surface area contributed by atoms with Crippen LogP contribution in [0.3, 0.4) is 0 Å². The maximum atomic E-state index is 13.9. The molecule has 0 amide bonds. The fourth-order valence-electron chi connectivity index (χ4n) is 4.89. The van der Waals surface area contributed by atoms with Crippen molar-refractivity contribution in [1.82, 2.24) is 4.90 Å². The molecule has 0 bridgehead atoms. The third-order valence-electron chi connectivity index (χ3n) is 7.38. The molecule has 184 valence electrons. The number of hydrogen-bond donors (Lipinski definition) is 1. The highest BCUT2D eigenvalue weighted by Gasteiger charge is 2.22. The van der Waals surface area contributed by atoms with Gasteiger partial charge >= 0.3 is 0 Å². The summed E-state index contributed by atoms with van der Waals surface area (Å²) in [6.45, 7) is 15.7. The van der Waals surface area contributed by atoms with Gasteiger partial charge in [-0.25, -0.2) is 4.39 Å². The lowest BCUT2D eigenvalue weighted by molar-refractivity contribution is 0.204. The summed E-state index contributed by atoms with van der Waals surface area (Å²) in [5, 5.41) is 3.49. The van der Waals surface area contributed by atoms with Crippen LogP contribution in [0.15, 0.2) is 72.9 Å². The van der Waals surface area contributed by atoms with E-state index in [1.807, 2.05) is 12.1 Å². The molecule has 1 fully saturated rings. The highest BCUT2D eigenvalue weighted by Crippen LogP contribution is 2.33. The first-order valence-electron chi connectivity index (χ1n) is 12.9. The maximum Gasteiger partial charge on any atom is 0.126 e. The molecular formula is C32H39FN2. The molecule has 3 heteroatoms. The van der Waals surface area contributed by atoms with E-state index in [0.717, 1.165) is 43.0 Å². The van der Waals surface area contributed by atoms with E-state index in [0.29, 0.717) is 17.4 Å². The van der Waals surface area contributed by atoms with Crippen LogP contribution in [0, 0.1) is 25.6 Å². The summed E-state index contributed by atoms with van der Waals surface area (Å²) in [6, 6.07) is 21.1. The molecular weight excluding hydrogens is 431 g/mol. The van der Waals surface area contributed by atoms with Crippen molar-refractivity contribution >= 4 is 5.69 Å². The minimum atomic E-state index is -0.123. The minimum absolute atomic E-state index is 0.123. The number of hydrogen-bond acceptors (Lipinski definition) is 2. The molecule has 0 saturated carbocycles. The molecule has 0 aliphatic carbocycles. The summed E-state index contributed by atoms with van der Waals surface area (Å²) < 4.78 is 13.9. The maximum absolute atomic E-state index is 13.9. The van der Waals surface area contributed by atoms with Gasteiger partial charge in [-0.2, -0.15) is 0 Å². The molecule has 1 saturated heterocycles. The Bertz CT molecular complexity index is 1150. The normalized spacial score (nSPS) is 14.9. The number of benzene rings is 3. The Labute approximate surface area is 210 Å². The molecule has 0 atom stereocenters. The van der Waals surface area contributed by atoms with Crippen molar-refractivity contribution in [2.45, 2.75) is 59.4 Å². The van der Waals surface area contributed by atoms with E-state index in [1.165, 1.54) is 35.1 Å². The van der Waals surface area contributed by atoms with Crippen molar-refractivity contribution in [3.8, 4) is 0 Å². The van der Waals surface area contributed by atoms with Gasteiger partial charge in [-0.05, 0) is 110 Å². The SMILES string of the molecule is C=C(Nc1ccc(C)c(C2CCN(Cc3ccc(Cc4ccc(C)c(F)c4)cc3)CC2)c1)C(C)C. The zero-order chi connectivity index (χ0) is 24.9. The van der Waals surface area contributed by atoms with E-state index in [2.05, 4.69) is 80.0 Å². The zero-order valence-corrected chi connectivity index (χ0v) is 21.7. The largest absolute Gasteiger partial charge is 0.359 e. The number of nitrogens with zero attached hydrogens (tertiary/aromatic N) is 1. The molecule has 2 nitrogen and oxygen atoms in total. The second kappa shape index (κ2) is 11.2. The summed E-state index contributed by atoms with van der Waals surface area (Å²) in [4.78, 5) is 2.57. The number of nitrogens with one attached hydrogen (secondary N) is 1. The van der Waals surface area contributed by atoms with Crippen LogP contribution < -0.4 is 5.32 Å². The van der Waals surface area contributed by atoms with E-state index in [1.54, 1.807) is 13.0 Å². The van der Waals surface area contributed by atoms with Gasteiger partial charge in [0, 0.05) is 17.9 Å². The number of halogens is 1. The van der Waals surface area contributed by atoms with Crippen molar-refractivity contribution in [2.75, 3.05) is 18.4 Å². The smallest absolute Gasteiger partial charge is 0.126 e. The van der Waals surface area contributed by atoms with Gasteiger partial charge in [0.25, 0.3) is 0 Å². The van der Waals surface area contributed by atoms with E-state index in [4.69, 9.17) is 0 Å². The number of piperidine rings is 1. The first-order valence-corrected chi connectivity index (χ1v) is 12.9. The summed E-state index contributed by atoms with van der Waals surface area (Å²) >= 11 is 0. The minimum Gasteiger partial charge on any atom is -0.359 e. The fourth-order valence-corrected chi connectivity index (χ4v) is 4.89. The molecule has 35 heavy (non-hydrogen) atoms. The average molecular weight is 471 g/mol. The Morgan fingerprint density at radius 2 is 1.54 bits per heavy atom. The second-order valence-electron chi connectivity index (χ2n) is 10.5. The van der Waals surface area contributed by atoms with Gasteiger partial charge in [-0.15, -0.1) is 0 Å². The average Bonchev–Trinajstić information content (AvgIpc) is 2.84. The Morgan fingerprint density at radius 3 is 2.20 bits per heavy atom. The van der Waals surface area contributed by atoms with E-state index < -0.39 is 0 Å². The van der Waals surface area contributed by atoms with Gasteiger partial charge < -0.3 is 5.32 Å². The van der Waals surface area contributed by atoms with Gasteiger partial charge in [0.2, 0.25) is 0 Å². The van der Waals surface area contributed by atoms with Gasteiger partial charge in [0.05, 0.1) is 0 Å². The molecule has 3 aromatic rings. The number of aryl methyl sites for hydroxylation is 2. The molecule has 0 radical (unpaired) electrons. The van der Waals surface area contributed by atoms with Crippen LogP contribution in [0.4, 0.5) is 10.1 Å². The van der Waals surface area contributed by atoms with Crippen molar-refractivity contribution in [3.63, 3.8) is 0 Å². The monoisotopic (exact) mass is 470 g/mol. The molecule has 1 aliphatic rings. The highest BCUT2D eigenvalue weighted by molar-refractivity contribution is 5.53. The van der Waals surface area contributed by atoms with Crippen molar-refractivity contribution in [2.24, 2.45) is 5.92 Å². The summed E-state index contributed by atoms with van der Waals surface area (Å²) in [5.41, 5.74) is 9.36. The van der Waals surface area contributed by atoms with Gasteiger partial charge in [0.1, 0.15) is 5.82 Å². The van der Waals surface area contributed by atoms with Gasteiger partial charge in [-0.3, -0.25) is 4.90 Å². The lowest BCUT2D eigenvalue weighted by Crippen LogP contribution is -2.32. The third kappa shape index (κ3) is 6.61. The summed E-state index contributed by atoms with van der Waals surface area (Å²) in [5.74, 6) is 0.905. The number of rotatable bonds is 8. The summed E-state index contributed by atoms with van der Waals surface area (Å²) in [6.07, 6.45) is 3.14. The van der Waals surface area contributed by atoms with Crippen molar-refractivity contribution in [1.29, 1.82) is 0 Å². The van der Waals surface area contributed by atoms with Crippen LogP contribution in [-0.4, -0.2) is 18.0 Å². The van der Waals surface area contributed by atoms with Crippen molar-refractivity contribution < 1.29 is 4.39 Å². The molecule has 3 aromatic carbocycles. The number of anilines is 1. The Balaban J connectivity index is 1.31. The van der Waals surface area contributed by atoms with Gasteiger partial charge in [0.15, 0.2) is 0 Å². The fraction of sp³-hybridized carbons (Fsp3) is 0.375. The molecule has 0 unspecified atom stereocenters. The Morgan fingerprint density at radius 1 is 0.914 bits per heavy atom. The molecule has 0 spiro atoms. The Kier molecular flexibility index (Phi) is 8.07. The predicted molar refractivity (Wildman–Crippen MR) is 146 cm³/mol. The quantitative estimate of drug-likeness (QED) is 0.359. The third-order valence-corrected chi connectivity index (χ3v) is 7.38. The second-order valence-corrected chi connectivity index (χ2v) is 10.5. The van der Waals surface area contributed by atoms with E-state index >= 15 is 0 Å². The zero-order valence-electron chi connectivity index (χ0n) is 21.7. The predicted octanol–water partition coefficient (Wildman–Crippen LogP) is 7.99. The van der Waals surface area contributed by atoms with Crippen molar-refractivity contribution in [3.05, 3.63) is 112 Å². The van der Waals surface area contributed by atoms with Crippen LogP contribution in [0.2, 0.25) is 0 Å². The summed E-state index contributed by atoms with van der Waals surface area (Å²) in [7, 11) is 0. The van der Waals surface area contributed by atoms with E-state index in [-0.39, 0.29) is 5.82 Å². The molecule has 0 aromatic heterocycles. The van der Waals surface area contributed by atoms with E-state index in [9.17, 15) is 4.39 Å².